The molecule has 1 unspecified atom stereocenters. The number of carbonyl (C=O) groups excluding carboxylic acids is 2. The van der Waals surface area contributed by atoms with Gasteiger partial charge in [-0.25, -0.2) is 0 Å². The molecule has 0 bridgehead atoms. The zero-order chi connectivity index (χ0) is 11.4. The van der Waals surface area contributed by atoms with Crippen molar-refractivity contribution in [3.8, 4) is 0 Å². The largest absolute Gasteiger partial charge is 0.298 e. The van der Waals surface area contributed by atoms with Crippen LogP contribution in [0.2, 0.25) is 0 Å². The minimum absolute atomic E-state index is 0.00942. The van der Waals surface area contributed by atoms with E-state index >= 15 is 0 Å². The Balaban J connectivity index is 3.22. The summed E-state index contributed by atoms with van der Waals surface area (Å²) in [4.78, 5) is 21.6. The van der Waals surface area contributed by atoms with Gasteiger partial charge in [-0.1, -0.05) is 50.1 Å². The van der Waals surface area contributed by atoms with Crippen molar-refractivity contribution in [1.29, 1.82) is 0 Å². The molecule has 0 spiro atoms. The van der Waals surface area contributed by atoms with Crippen LogP contribution in [-0.2, 0) is 10.1 Å². The Morgan fingerprint density at radius 1 is 1.53 bits per heavy atom. The highest BCUT2D eigenvalue weighted by Crippen LogP contribution is 2.27. The second-order valence-corrected chi connectivity index (χ2v) is 4.66. The highest BCUT2D eigenvalue weighted by molar-refractivity contribution is 9.09. The fraction of sp³-hybridized carbons (Fsp3) is 0.273. The van der Waals surface area contributed by atoms with Crippen molar-refractivity contribution >= 4 is 43.9 Å². The Hall–Kier alpha value is -0.480. The van der Waals surface area contributed by atoms with E-state index in [1.807, 2.05) is 12.1 Å². The summed E-state index contributed by atoms with van der Waals surface area (Å²) < 4.78 is 0. The fourth-order valence-corrected chi connectivity index (χ4v) is 2.00. The maximum Gasteiger partial charge on any atom is 0.150 e. The SMILES string of the molecule is CC(=O)C(Br)c1cc(CBr)ccc1C=O. The highest BCUT2D eigenvalue weighted by Gasteiger charge is 2.16. The lowest BCUT2D eigenvalue weighted by Crippen LogP contribution is -2.05. The molecule has 0 amide bonds. The summed E-state index contributed by atoms with van der Waals surface area (Å²) in [5, 5.41) is 0.705. The maximum absolute atomic E-state index is 11.2. The van der Waals surface area contributed by atoms with Gasteiger partial charge in [0.15, 0.2) is 0 Å². The van der Waals surface area contributed by atoms with Gasteiger partial charge in [0.1, 0.15) is 12.1 Å². The summed E-state index contributed by atoms with van der Waals surface area (Å²) in [7, 11) is 0. The molecule has 0 saturated heterocycles. The van der Waals surface area contributed by atoms with Crippen molar-refractivity contribution in [1.82, 2.24) is 0 Å². The Kier molecular flexibility index (Phi) is 4.67. The van der Waals surface area contributed by atoms with Gasteiger partial charge in [0.2, 0.25) is 0 Å². The van der Waals surface area contributed by atoms with E-state index in [0.717, 1.165) is 17.4 Å². The number of hydrogen-bond donors (Lipinski definition) is 0. The lowest BCUT2D eigenvalue weighted by atomic mass is 10.0. The van der Waals surface area contributed by atoms with E-state index in [1.54, 1.807) is 6.07 Å². The van der Waals surface area contributed by atoms with Crippen LogP contribution in [0.5, 0.6) is 0 Å². The number of benzene rings is 1. The zero-order valence-corrected chi connectivity index (χ0v) is 11.3. The van der Waals surface area contributed by atoms with E-state index in [-0.39, 0.29) is 5.78 Å². The third-order valence-electron chi connectivity index (χ3n) is 2.06. The van der Waals surface area contributed by atoms with E-state index < -0.39 is 4.83 Å². The van der Waals surface area contributed by atoms with Crippen LogP contribution in [0.4, 0.5) is 0 Å². The summed E-state index contributed by atoms with van der Waals surface area (Å²) in [5.41, 5.74) is 2.33. The average molecular weight is 334 g/mol. The summed E-state index contributed by atoms with van der Waals surface area (Å²) in [6.07, 6.45) is 0.768. The number of halogens is 2. The van der Waals surface area contributed by atoms with Crippen LogP contribution in [0.15, 0.2) is 18.2 Å². The predicted octanol–water partition coefficient (Wildman–Crippen LogP) is 3.42. The number of hydrogen-bond acceptors (Lipinski definition) is 2. The molecule has 2 nitrogen and oxygen atoms in total. The highest BCUT2D eigenvalue weighted by atomic mass is 79.9. The van der Waals surface area contributed by atoms with Crippen LogP contribution >= 0.6 is 31.9 Å². The van der Waals surface area contributed by atoms with Gasteiger partial charge in [0.05, 0.1) is 4.83 Å². The van der Waals surface area contributed by atoms with Crippen LogP contribution < -0.4 is 0 Å². The Morgan fingerprint density at radius 3 is 2.67 bits per heavy atom. The van der Waals surface area contributed by atoms with Gasteiger partial charge in [-0.2, -0.15) is 0 Å². The van der Waals surface area contributed by atoms with Gasteiger partial charge in [-0.05, 0) is 18.1 Å². The number of carbonyl (C=O) groups is 2. The Morgan fingerprint density at radius 2 is 2.20 bits per heavy atom. The van der Waals surface area contributed by atoms with Crippen molar-refractivity contribution < 1.29 is 9.59 Å². The molecule has 1 aromatic rings. The van der Waals surface area contributed by atoms with Gasteiger partial charge in [-0.15, -0.1) is 0 Å². The summed E-state index contributed by atoms with van der Waals surface area (Å²) in [5.74, 6) is -0.00942. The van der Waals surface area contributed by atoms with E-state index in [2.05, 4.69) is 31.9 Å². The second-order valence-electron chi connectivity index (χ2n) is 3.19. The summed E-state index contributed by atoms with van der Waals surface area (Å²) >= 11 is 6.62. The van der Waals surface area contributed by atoms with Crippen LogP contribution in [-0.4, -0.2) is 12.1 Å². The monoisotopic (exact) mass is 332 g/mol. The first kappa shape index (κ1) is 12.6. The molecule has 0 aliphatic heterocycles. The molecule has 0 saturated carbocycles. The number of aldehydes is 1. The molecule has 4 heteroatoms. The first-order valence-corrected chi connectivity index (χ1v) is 6.42. The van der Waals surface area contributed by atoms with Crippen molar-refractivity contribution in [2.45, 2.75) is 17.1 Å². The third-order valence-corrected chi connectivity index (χ3v) is 3.85. The van der Waals surface area contributed by atoms with E-state index in [1.165, 1.54) is 6.92 Å². The second kappa shape index (κ2) is 5.56. The molecule has 1 atom stereocenters. The molecule has 0 radical (unpaired) electrons. The first-order chi connectivity index (χ1) is 7.10. The van der Waals surface area contributed by atoms with Crippen molar-refractivity contribution in [2.75, 3.05) is 0 Å². The molecule has 1 rings (SSSR count). The normalized spacial score (nSPS) is 12.2. The van der Waals surface area contributed by atoms with Gasteiger partial charge < -0.3 is 0 Å². The topological polar surface area (TPSA) is 34.1 Å². The lowest BCUT2D eigenvalue weighted by Gasteiger charge is -2.10. The van der Waals surface area contributed by atoms with Crippen LogP contribution in [0.3, 0.4) is 0 Å². The van der Waals surface area contributed by atoms with Crippen LogP contribution in [0.25, 0.3) is 0 Å². The zero-order valence-electron chi connectivity index (χ0n) is 8.17. The number of ketones is 1. The Labute approximate surface area is 105 Å². The smallest absolute Gasteiger partial charge is 0.150 e. The molecule has 1 aromatic carbocycles. The molecule has 0 aliphatic carbocycles. The minimum atomic E-state index is -0.406. The molecule has 80 valence electrons. The molecule has 0 N–H and O–H groups in total. The van der Waals surface area contributed by atoms with Crippen LogP contribution in [0.1, 0.15) is 33.2 Å². The molecule has 0 aromatic heterocycles. The fourth-order valence-electron chi connectivity index (χ4n) is 1.25. The Bertz CT molecular complexity index is 388. The standard InChI is InChI=1S/C11H10Br2O2/c1-7(15)11(13)10-4-8(5-12)2-3-9(10)6-14/h2-4,6,11H,5H2,1H3. The molecule has 15 heavy (non-hydrogen) atoms. The predicted molar refractivity (Wildman–Crippen MR) is 66.8 cm³/mol. The molecule has 0 aliphatic rings. The van der Waals surface area contributed by atoms with E-state index in [9.17, 15) is 9.59 Å². The molecular weight excluding hydrogens is 324 g/mol. The van der Waals surface area contributed by atoms with E-state index in [0.29, 0.717) is 10.9 Å². The van der Waals surface area contributed by atoms with Crippen molar-refractivity contribution in [2.24, 2.45) is 0 Å². The first-order valence-electron chi connectivity index (χ1n) is 4.38. The molecule has 0 heterocycles. The molecular formula is C11H10Br2O2. The number of alkyl halides is 2. The summed E-state index contributed by atoms with van der Waals surface area (Å²) in [6.45, 7) is 1.49. The quantitative estimate of drug-likeness (QED) is 0.625. The van der Waals surface area contributed by atoms with E-state index in [4.69, 9.17) is 0 Å². The lowest BCUT2D eigenvalue weighted by molar-refractivity contribution is -0.116. The number of Topliss-reactive ketones (excluding diaryl/α,β-unsaturated/α-hetero) is 1. The van der Waals surface area contributed by atoms with Gasteiger partial charge >= 0.3 is 0 Å². The minimum Gasteiger partial charge on any atom is -0.298 e. The number of rotatable bonds is 4. The van der Waals surface area contributed by atoms with Gasteiger partial charge in [0, 0.05) is 10.9 Å². The van der Waals surface area contributed by atoms with Crippen molar-refractivity contribution in [3.05, 3.63) is 34.9 Å². The third kappa shape index (κ3) is 2.98. The van der Waals surface area contributed by atoms with Crippen LogP contribution in [0, 0.1) is 0 Å². The molecule has 0 fully saturated rings. The average Bonchev–Trinajstić information content (AvgIpc) is 2.27. The summed E-state index contributed by atoms with van der Waals surface area (Å²) in [6, 6.07) is 5.46. The van der Waals surface area contributed by atoms with Gasteiger partial charge in [0.25, 0.3) is 0 Å². The maximum atomic E-state index is 11.2. The van der Waals surface area contributed by atoms with Crippen molar-refractivity contribution in [3.63, 3.8) is 0 Å². The van der Waals surface area contributed by atoms with Gasteiger partial charge in [-0.3, -0.25) is 9.59 Å².